The van der Waals surface area contributed by atoms with E-state index in [1.54, 1.807) is 13.0 Å². The predicted molar refractivity (Wildman–Crippen MR) is 64.6 cm³/mol. The summed E-state index contributed by atoms with van der Waals surface area (Å²) >= 11 is 0. The Morgan fingerprint density at radius 3 is 2.65 bits per heavy atom. The Morgan fingerprint density at radius 1 is 1.35 bits per heavy atom. The van der Waals surface area contributed by atoms with Crippen LogP contribution in [-0.2, 0) is 10.0 Å². The molecule has 0 heterocycles. The first kappa shape index (κ1) is 14.1. The summed E-state index contributed by atoms with van der Waals surface area (Å²) in [6.45, 7) is 2.49. The third-order valence-corrected chi connectivity index (χ3v) is 3.79. The number of nitrogens with one attached hydrogen (secondary N) is 1. The molecule has 0 saturated carbocycles. The molecular weight excluding hydrogens is 243 g/mol. The molecule has 0 radical (unpaired) electrons. The van der Waals surface area contributed by atoms with Crippen LogP contribution < -0.4 is 10.5 Å². The molecule has 0 aromatic heterocycles. The number of nitrogens with two attached hydrogens (primary N) is 1. The van der Waals surface area contributed by atoms with Gasteiger partial charge in [-0.2, -0.15) is 0 Å². The predicted octanol–water partition coefficient (Wildman–Crippen LogP) is 1.15. The molecule has 0 aliphatic carbocycles. The van der Waals surface area contributed by atoms with Crippen LogP contribution in [0.2, 0.25) is 0 Å². The van der Waals surface area contributed by atoms with Crippen molar-refractivity contribution in [2.45, 2.75) is 24.7 Å². The molecule has 0 bridgehead atoms. The van der Waals surface area contributed by atoms with Crippen molar-refractivity contribution in [3.8, 4) is 0 Å². The zero-order chi connectivity index (χ0) is 12.9. The highest BCUT2D eigenvalue weighted by Gasteiger charge is 2.17. The Hall–Kier alpha value is -0.980. The fourth-order valence-corrected chi connectivity index (χ4v) is 2.51. The quantitative estimate of drug-likeness (QED) is 0.754. The minimum Gasteiger partial charge on any atom is -0.330 e. The molecular formula is C11H17FN2O2S. The van der Waals surface area contributed by atoms with Crippen molar-refractivity contribution in [2.24, 2.45) is 5.73 Å². The summed E-state index contributed by atoms with van der Waals surface area (Å²) < 4.78 is 39.3. The summed E-state index contributed by atoms with van der Waals surface area (Å²) in [4.78, 5) is -0.309. The van der Waals surface area contributed by atoms with E-state index in [-0.39, 0.29) is 11.4 Å². The number of benzene rings is 1. The number of aryl methyl sites for hydroxylation is 1. The average molecular weight is 260 g/mol. The summed E-state index contributed by atoms with van der Waals surface area (Å²) in [5, 5.41) is 0. The van der Waals surface area contributed by atoms with Crippen molar-refractivity contribution in [1.29, 1.82) is 0 Å². The highest BCUT2D eigenvalue weighted by molar-refractivity contribution is 7.89. The maximum Gasteiger partial charge on any atom is 0.243 e. The van der Waals surface area contributed by atoms with E-state index in [1.165, 1.54) is 12.1 Å². The van der Waals surface area contributed by atoms with E-state index in [2.05, 4.69) is 4.72 Å². The maximum absolute atomic E-state index is 13.5. The minimum absolute atomic E-state index is 0.271. The first-order valence-electron chi connectivity index (χ1n) is 5.43. The topological polar surface area (TPSA) is 72.2 Å². The van der Waals surface area contributed by atoms with Crippen LogP contribution in [0.15, 0.2) is 23.1 Å². The Labute approximate surface area is 101 Å². The van der Waals surface area contributed by atoms with Gasteiger partial charge in [-0.15, -0.1) is 0 Å². The van der Waals surface area contributed by atoms with E-state index in [0.29, 0.717) is 18.5 Å². The second-order valence-electron chi connectivity index (χ2n) is 3.83. The van der Waals surface area contributed by atoms with E-state index in [9.17, 15) is 12.8 Å². The Bertz CT molecular complexity index is 474. The standard InChI is InChI=1S/C11H17FN2O2S/c1-9-4-5-11(10(12)8-9)17(15,16)14-7-3-2-6-13/h4-5,8,14H,2-3,6-7,13H2,1H3. The third kappa shape index (κ3) is 4.07. The van der Waals surface area contributed by atoms with Crippen molar-refractivity contribution in [3.05, 3.63) is 29.6 Å². The fourth-order valence-electron chi connectivity index (χ4n) is 1.38. The molecule has 0 aliphatic rings. The van der Waals surface area contributed by atoms with E-state index in [1.807, 2.05) is 0 Å². The zero-order valence-corrected chi connectivity index (χ0v) is 10.6. The average Bonchev–Trinajstić information content (AvgIpc) is 2.24. The van der Waals surface area contributed by atoms with Crippen LogP contribution in [0.4, 0.5) is 4.39 Å². The van der Waals surface area contributed by atoms with Gasteiger partial charge in [0.25, 0.3) is 0 Å². The summed E-state index contributed by atoms with van der Waals surface area (Å²) in [6.07, 6.45) is 1.38. The van der Waals surface area contributed by atoms with Crippen molar-refractivity contribution >= 4 is 10.0 Å². The molecule has 0 spiro atoms. The summed E-state index contributed by atoms with van der Waals surface area (Å²) in [6, 6.07) is 4.04. The normalized spacial score (nSPS) is 11.7. The Balaban J connectivity index is 2.76. The lowest BCUT2D eigenvalue weighted by Gasteiger charge is -2.07. The van der Waals surface area contributed by atoms with Crippen LogP contribution in [0.1, 0.15) is 18.4 Å². The van der Waals surface area contributed by atoms with Gasteiger partial charge >= 0.3 is 0 Å². The van der Waals surface area contributed by atoms with Crippen LogP contribution in [0.3, 0.4) is 0 Å². The Kier molecular flexibility index (Phi) is 5.04. The van der Waals surface area contributed by atoms with Gasteiger partial charge < -0.3 is 5.73 Å². The van der Waals surface area contributed by atoms with Gasteiger partial charge in [-0.05, 0) is 44.0 Å². The van der Waals surface area contributed by atoms with Crippen LogP contribution in [0.25, 0.3) is 0 Å². The number of rotatable bonds is 6. The molecule has 0 fully saturated rings. The largest absolute Gasteiger partial charge is 0.330 e. The zero-order valence-electron chi connectivity index (χ0n) is 9.74. The third-order valence-electron chi connectivity index (χ3n) is 2.30. The maximum atomic E-state index is 13.5. The Morgan fingerprint density at radius 2 is 2.06 bits per heavy atom. The molecule has 1 rings (SSSR count). The van der Waals surface area contributed by atoms with Crippen molar-refractivity contribution in [1.82, 2.24) is 4.72 Å². The highest BCUT2D eigenvalue weighted by atomic mass is 32.2. The lowest BCUT2D eigenvalue weighted by molar-refractivity contribution is 0.554. The molecule has 0 amide bonds. The van der Waals surface area contributed by atoms with Crippen LogP contribution in [0, 0.1) is 12.7 Å². The molecule has 0 unspecified atom stereocenters. The monoisotopic (exact) mass is 260 g/mol. The van der Waals surface area contributed by atoms with Crippen LogP contribution >= 0.6 is 0 Å². The van der Waals surface area contributed by atoms with E-state index < -0.39 is 15.8 Å². The lowest BCUT2D eigenvalue weighted by Crippen LogP contribution is -2.26. The summed E-state index contributed by atoms with van der Waals surface area (Å²) in [7, 11) is -3.75. The molecule has 6 heteroatoms. The summed E-state index contributed by atoms with van der Waals surface area (Å²) in [5.41, 5.74) is 5.98. The van der Waals surface area contributed by atoms with Gasteiger partial charge in [0.2, 0.25) is 10.0 Å². The van der Waals surface area contributed by atoms with E-state index in [0.717, 1.165) is 6.42 Å². The van der Waals surface area contributed by atoms with Crippen molar-refractivity contribution in [3.63, 3.8) is 0 Å². The second kappa shape index (κ2) is 6.09. The van der Waals surface area contributed by atoms with Gasteiger partial charge in [0.05, 0.1) is 0 Å². The number of unbranched alkanes of at least 4 members (excludes halogenated alkanes) is 1. The smallest absolute Gasteiger partial charge is 0.243 e. The molecule has 1 aromatic carbocycles. The number of halogens is 1. The van der Waals surface area contributed by atoms with Gasteiger partial charge in [-0.25, -0.2) is 17.5 Å². The molecule has 3 N–H and O–H groups in total. The summed E-state index contributed by atoms with van der Waals surface area (Å²) in [5.74, 6) is -0.726. The molecule has 0 aliphatic heterocycles. The number of hydrogen-bond acceptors (Lipinski definition) is 3. The molecule has 17 heavy (non-hydrogen) atoms. The van der Waals surface area contributed by atoms with Gasteiger partial charge in [0.1, 0.15) is 10.7 Å². The van der Waals surface area contributed by atoms with Gasteiger partial charge in [-0.1, -0.05) is 6.07 Å². The fraction of sp³-hybridized carbons (Fsp3) is 0.455. The molecule has 4 nitrogen and oxygen atoms in total. The minimum atomic E-state index is -3.75. The SMILES string of the molecule is Cc1ccc(S(=O)(=O)NCCCCN)c(F)c1. The van der Waals surface area contributed by atoms with Crippen LogP contribution in [-0.4, -0.2) is 21.5 Å². The first-order chi connectivity index (χ1) is 7.97. The molecule has 1 aromatic rings. The first-order valence-corrected chi connectivity index (χ1v) is 6.91. The number of hydrogen-bond donors (Lipinski definition) is 2. The van der Waals surface area contributed by atoms with Crippen molar-refractivity contribution < 1.29 is 12.8 Å². The van der Waals surface area contributed by atoms with Gasteiger partial charge in [-0.3, -0.25) is 0 Å². The number of sulfonamides is 1. The molecule has 96 valence electrons. The molecule has 0 atom stereocenters. The van der Waals surface area contributed by atoms with Gasteiger partial charge in [0.15, 0.2) is 0 Å². The second-order valence-corrected chi connectivity index (χ2v) is 5.56. The van der Waals surface area contributed by atoms with E-state index >= 15 is 0 Å². The van der Waals surface area contributed by atoms with Crippen LogP contribution in [0.5, 0.6) is 0 Å². The van der Waals surface area contributed by atoms with E-state index in [4.69, 9.17) is 5.73 Å². The van der Waals surface area contributed by atoms with Gasteiger partial charge in [0, 0.05) is 6.54 Å². The highest BCUT2D eigenvalue weighted by Crippen LogP contribution is 2.15. The lowest BCUT2D eigenvalue weighted by atomic mass is 10.2. The van der Waals surface area contributed by atoms with Crippen molar-refractivity contribution in [2.75, 3.05) is 13.1 Å². The molecule has 0 saturated heterocycles.